The molecule has 2 N–H and O–H groups in total. The molecular formula is C25H29FN4O. The lowest BCUT2D eigenvalue weighted by Crippen LogP contribution is -2.41. The van der Waals surface area contributed by atoms with E-state index in [-0.39, 0.29) is 5.82 Å². The number of halogens is 1. The number of aryl methyl sites for hydroxylation is 2. The number of nitrogens with two attached hydrogens (primary N) is 1. The molecule has 0 amide bonds. The highest BCUT2D eigenvalue weighted by molar-refractivity contribution is 5.78. The van der Waals surface area contributed by atoms with Gasteiger partial charge >= 0.3 is 0 Å². The van der Waals surface area contributed by atoms with E-state index in [1.54, 1.807) is 6.07 Å². The second-order valence-electron chi connectivity index (χ2n) is 8.00. The first kappa shape index (κ1) is 21.1. The summed E-state index contributed by atoms with van der Waals surface area (Å²) < 4.78 is 20.0. The molecule has 1 aromatic heterocycles. The SMILES string of the molecule is NC(=NCCc1cc(CCc2ccc(-c3ccccc3)c(F)c2)on1)N1CCCCC1. The van der Waals surface area contributed by atoms with Gasteiger partial charge in [0.1, 0.15) is 11.6 Å². The summed E-state index contributed by atoms with van der Waals surface area (Å²) in [5, 5.41) is 4.14. The lowest BCUT2D eigenvalue weighted by atomic mass is 10.0. The van der Waals surface area contributed by atoms with Gasteiger partial charge in [0.15, 0.2) is 5.96 Å². The molecule has 31 heavy (non-hydrogen) atoms. The van der Waals surface area contributed by atoms with Crippen molar-refractivity contribution in [2.24, 2.45) is 10.7 Å². The van der Waals surface area contributed by atoms with Crippen LogP contribution in [0.25, 0.3) is 11.1 Å². The van der Waals surface area contributed by atoms with Gasteiger partial charge in [0.25, 0.3) is 0 Å². The number of piperidine rings is 1. The molecule has 1 fully saturated rings. The minimum Gasteiger partial charge on any atom is -0.370 e. The molecule has 0 saturated carbocycles. The summed E-state index contributed by atoms with van der Waals surface area (Å²) in [7, 11) is 0. The summed E-state index contributed by atoms with van der Waals surface area (Å²) in [5.41, 5.74) is 9.41. The number of aromatic nitrogens is 1. The number of likely N-dealkylation sites (tertiary alicyclic amines) is 1. The van der Waals surface area contributed by atoms with Crippen LogP contribution < -0.4 is 5.73 Å². The van der Waals surface area contributed by atoms with Crippen LogP contribution >= 0.6 is 0 Å². The maximum atomic E-state index is 14.5. The van der Waals surface area contributed by atoms with E-state index < -0.39 is 0 Å². The molecule has 4 rings (SSSR count). The van der Waals surface area contributed by atoms with Crippen LogP contribution in [0.3, 0.4) is 0 Å². The van der Waals surface area contributed by atoms with Gasteiger partial charge < -0.3 is 15.2 Å². The normalized spacial score (nSPS) is 14.7. The fraction of sp³-hybridized carbons (Fsp3) is 0.360. The Morgan fingerprint density at radius 1 is 1.00 bits per heavy atom. The first-order valence-corrected chi connectivity index (χ1v) is 11.0. The summed E-state index contributed by atoms with van der Waals surface area (Å²) in [4.78, 5) is 6.64. The first-order valence-electron chi connectivity index (χ1n) is 11.0. The van der Waals surface area contributed by atoms with E-state index in [1.165, 1.54) is 19.3 Å². The Bertz CT molecular complexity index is 1010. The zero-order valence-electron chi connectivity index (χ0n) is 17.8. The summed E-state index contributed by atoms with van der Waals surface area (Å²) in [6, 6.07) is 17.0. The van der Waals surface area contributed by atoms with Crippen molar-refractivity contribution in [3.8, 4) is 11.1 Å². The zero-order chi connectivity index (χ0) is 21.5. The Hall–Kier alpha value is -3.15. The van der Waals surface area contributed by atoms with Crippen molar-refractivity contribution in [2.45, 2.75) is 38.5 Å². The highest BCUT2D eigenvalue weighted by Crippen LogP contribution is 2.24. The number of benzene rings is 2. The van der Waals surface area contributed by atoms with Crippen molar-refractivity contribution in [1.82, 2.24) is 10.1 Å². The molecule has 0 unspecified atom stereocenters. The standard InChI is InChI=1S/C25H29FN4O/c26-24-17-19(10-12-23(24)20-7-3-1-4-8-20)9-11-22-18-21(29-31-22)13-14-28-25(27)30-15-5-2-6-16-30/h1,3-4,7-8,10,12,17-18H,2,5-6,9,11,13-16H2,(H2,27,28). The molecule has 2 aromatic carbocycles. The van der Waals surface area contributed by atoms with Crippen LogP contribution in [0.5, 0.6) is 0 Å². The van der Waals surface area contributed by atoms with Crippen LogP contribution in [-0.4, -0.2) is 35.7 Å². The van der Waals surface area contributed by atoms with Crippen molar-refractivity contribution < 1.29 is 8.91 Å². The summed E-state index contributed by atoms with van der Waals surface area (Å²) in [6.45, 7) is 2.59. The van der Waals surface area contributed by atoms with E-state index in [0.29, 0.717) is 37.3 Å². The monoisotopic (exact) mass is 420 g/mol. The smallest absolute Gasteiger partial charge is 0.191 e. The number of hydrogen-bond acceptors (Lipinski definition) is 3. The van der Waals surface area contributed by atoms with Gasteiger partial charge in [0.2, 0.25) is 0 Å². The van der Waals surface area contributed by atoms with E-state index in [9.17, 15) is 4.39 Å². The van der Waals surface area contributed by atoms with Crippen LogP contribution in [0.2, 0.25) is 0 Å². The molecule has 1 aliphatic heterocycles. The largest absolute Gasteiger partial charge is 0.370 e. The second kappa shape index (κ2) is 10.2. The van der Waals surface area contributed by atoms with Crippen molar-refractivity contribution in [1.29, 1.82) is 0 Å². The Labute approximate surface area is 182 Å². The van der Waals surface area contributed by atoms with Gasteiger partial charge in [0.05, 0.1) is 5.69 Å². The molecule has 1 saturated heterocycles. The molecule has 2 heterocycles. The quantitative estimate of drug-likeness (QED) is 0.448. The zero-order valence-corrected chi connectivity index (χ0v) is 17.8. The summed E-state index contributed by atoms with van der Waals surface area (Å²) in [5.74, 6) is 1.23. The molecule has 162 valence electrons. The van der Waals surface area contributed by atoms with Gasteiger partial charge in [-0.3, -0.25) is 4.99 Å². The maximum absolute atomic E-state index is 14.5. The van der Waals surface area contributed by atoms with Crippen molar-refractivity contribution in [3.05, 3.63) is 77.4 Å². The van der Waals surface area contributed by atoms with Gasteiger partial charge in [-0.2, -0.15) is 0 Å². The van der Waals surface area contributed by atoms with Crippen molar-refractivity contribution in [2.75, 3.05) is 19.6 Å². The fourth-order valence-electron chi connectivity index (χ4n) is 3.93. The average Bonchev–Trinajstić information content (AvgIpc) is 3.26. The predicted molar refractivity (Wildman–Crippen MR) is 121 cm³/mol. The lowest BCUT2D eigenvalue weighted by Gasteiger charge is -2.27. The minimum atomic E-state index is -0.203. The molecule has 0 atom stereocenters. The molecule has 0 radical (unpaired) electrons. The Morgan fingerprint density at radius 3 is 2.58 bits per heavy atom. The molecule has 0 spiro atoms. The second-order valence-corrected chi connectivity index (χ2v) is 8.00. The highest BCUT2D eigenvalue weighted by atomic mass is 19.1. The molecule has 6 heteroatoms. The van der Waals surface area contributed by atoms with E-state index >= 15 is 0 Å². The number of hydrogen-bond donors (Lipinski definition) is 1. The van der Waals surface area contributed by atoms with Gasteiger partial charge in [-0.1, -0.05) is 47.6 Å². The Balaban J connectivity index is 1.28. The molecule has 3 aromatic rings. The number of guanidine groups is 1. The van der Waals surface area contributed by atoms with Crippen molar-refractivity contribution >= 4 is 5.96 Å². The number of aliphatic imine (C=N–C) groups is 1. The molecule has 0 bridgehead atoms. The minimum absolute atomic E-state index is 0.203. The molecule has 0 aliphatic carbocycles. The Kier molecular flexibility index (Phi) is 6.97. The predicted octanol–water partition coefficient (Wildman–Crippen LogP) is 4.61. The number of rotatable bonds is 7. The van der Waals surface area contributed by atoms with Gasteiger partial charge in [0, 0.05) is 44.1 Å². The van der Waals surface area contributed by atoms with Gasteiger partial charge in [-0.15, -0.1) is 0 Å². The van der Waals surface area contributed by atoms with Gasteiger partial charge in [-0.25, -0.2) is 4.39 Å². The van der Waals surface area contributed by atoms with E-state index in [2.05, 4.69) is 15.0 Å². The van der Waals surface area contributed by atoms with E-state index in [0.717, 1.165) is 35.7 Å². The third-order valence-corrected chi connectivity index (χ3v) is 5.71. The molecule has 1 aliphatic rings. The first-order chi connectivity index (χ1) is 15.2. The van der Waals surface area contributed by atoms with Crippen LogP contribution in [0.4, 0.5) is 4.39 Å². The van der Waals surface area contributed by atoms with Crippen molar-refractivity contribution in [3.63, 3.8) is 0 Å². The fourth-order valence-corrected chi connectivity index (χ4v) is 3.93. The lowest BCUT2D eigenvalue weighted by molar-refractivity contribution is 0.338. The average molecular weight is 421 g/mol. The highest BCUT2D eigenvalue weighted by Gasteiger charge is 2.12. The van der Waals surface area contributed by atoms with Crippen LogP contribution in [0.15, 0.2) is 64.1 Å². The summed E-state index contributed by atoms with van der Waals surface area (Å²) in [6.07, 6.45) is 5.70. The molecule has 5 nitrogen and oxygen atoms in total. The van der Waals surface area contributed by atoms with Crippen LogP contribution in [0.1, 0.15) is 36.3 Å². The van der Waals surface area contributed by atoms with Crippen LogP contribution in [-0.2, 0) is 19.3 Å². The summed E-state index contributed by atoms with van der Waals surface area (Å²) >= 11 is 0. The van der Waals surface area contributed by atoms with E-state index in [1.807, 2.05) is 48.5 Å². The van der Waals surface area contributed by atoms with E-state index in [4.69, 9.17) is 10.3 Å². The van der Waals surface area contributed by atoms with Crippen LogP contribution in [0, 0.1) is 5.82 Å². The maximum Gasteiger partial charge on any atom is 0.191 e. The molecular weight excluding hydrogens is 391 g/mol. The number of nitrogens with zero attached hydrogens (tertiary/aromatic N) is 3. The van der Waals surface area contributed by atoms with Gasteiger partial charge in [-0.05, 0) is 42.9 Å². The third kappa shape index (κ3) is 5.72. The Morgan fingerprint density at radius 2 is 1.81 bits per heavy atom. The topological polar surface area (TPSA) is 67.6 Å². The third-order valence-electron chi connectivity index (χ3n) is 5.71.